The van der Waals surface area contributed by atoms with Crippen LogP contribution in [0.2, 0.25) is 0 Å². The van der Waals surface area contributed by atoms with Crippen molar-refractivity contribution in [1.29, 1.82) is 0 Å². The summed E-state index contributed by atoms with van der Waals surface area (Å²) >= 11 is 1.61. The van der Waals surface area contributed by atoms with E-state index < -0.39 is 12.1 Å². The predicted molar refractivity (Wildman–Crippen MR) is 117 cm³/mol. The first-order chi connectivity index (χ1) is 14.4. The molecule has 2 atom stereocenters. The molecule has 3 rings (SSSR count). The van der Waals surface area contributed by atoms with Gasteiger partial charge in [-0.05, 0) is 37.3 Å². The highest BCUT2D eigenvalue weighted by Gasteiger charge is 2.36. The number of carbonyl (C=O) groups is 3. The lowest BCUT2D eigenvalue weighted by molar-refractivity contribution is -0.141. The van der Waals surface area contributed by atoms with E-state index in [2.05, 4.69) is 15.6 Å². The zero-order valence-electron chi connectivity index (χ0n) is 17.6. The van der Waals surface area contributed by atoms with Gasteiger partial charge >= 0.3 is 0 Å². The molecule has 1 saturated heterocycles. The molecule has 1 aromatic heterocycles. The van der Waals surface area contributed by atoms with Crippen LogP contribution in [0.1, 0.15) is 44.4 Å². The highest BCUT2D eigenvalue weighted by molar-refractivity contribution is 7.13. The average molecular weight is 429 g/mol. The van der Waals surface area contributed by atoms with Gasteiger partial charge < -0.3 is 15.5 Å². The molecule has 2 unspecified atom stereocenters. The highest BCUT2D eigenvalue weighted by Crippen LogP contribution is 2.27. The third-order valence-electron chi connectivity index (χ3n) is 5.35. The number of rotatable bonds is 7. The highest BCUT2D eigenvalue weighted by atomic mass is 32.1. The van der Waals surface area contributed by atoms with Gasteiger partial charge in [0.2, 0.25) is 17.7 Å². The van der Waals surface area contributed by atoms with E-state index in [1.54, 1.807) is 16.2 Å². The van der Waals surface area contributed by atoms with Crippen molar-refractivity contribution in [2.24, 2.45) is 0 Å². The van der Waals surface area contributed by atoms with Gasteiger partial charge in [-0.2, -0.15) is 0 Å². The molecule has 0 bridgehead atoms. The molecule has 30 heavy (non-hydrogen) atoms. The second-order valence-corrected chi connectivity index (χ2v) is 8.39. The number of aryl methyl sites for hydroxylation is 1. The number of likely N-dealkylation sites (tertiary alicyclic amines) is 1. The van der Waals surface area contributed by atoms with Crippen LogP contribution in [-0.4, -0.2) is 46.2 Å². The lowest BCUT2D eigenvalue weighted by Crippen LogP contribution is -2.53. The maximum Gasteiger partial charge on any atom is 0.245 e. The van der Waals surface area contributed by atoms with Crippen molar-refractivity contribution in [3.05, 3.63) is 41.0 Å². The average Bonchev–Trinajstić information content (AvgIpc) is 3.39. The van der Waals surface area contributed by atoms with Gasteiger partial charge in [-0.1, -0.05) is 31.2 Å². The SMILES string of the molecule is CCC(NC(C)=O)C(=O)N1CCCC1C(=O)NCc1ccc(-c2scnc2C)cc1. The largest absolute Gasteiger partial charge is 0.350 e. The Balaban J connectivity index is 1.59. The summed E-state index contributed by atoms with van der Waals surface area (Å²) < 4.78 is 0. The van der Waals surface area contributed by atoms with Crippen LogP contribution >= 0.6 is 11.3 Å². The van der Waals surface area contributed by atoms with Gasteiger partial charge in [-0.3, -0.25) is 14.4 Å². The summed E-state index contributed by atoms with van der Waals surface area (Å²) in [6, 6.07) is 6.99. The van der Waals surface area contributed by atoms with Crippen molar-refractivity contribution in [2.45, 2.75) is 58.7 Å². The summed E-state index contributed by atoms with van der Waals surface area (Å²) in [5.74, 6) is -0.581. The molecule has 0 aliphatic carbocycles. The Morgan fingerprint density at radius 2 is 2.00 bits per heavy atom. The molecule has 1 aliphatic rings. The van der Waals surface area contributed by atoms with Gasteiger partial charge in [0.1, 0.15) is 12.1 Å². The molecule has 8 heteroatoms. The fraction of sp³-hybridized carbons (Fsp3) is 0.455. The molecular formula is C22H28N4O3S. The Bertz CT molecular complexity index is 909. The molecule has 1 aliphatic heterocycles. The molecule has 0 radical (unpaired) electrons. The summed E-state index contributed by atoms with van der Waals surface area (Å²) in [7, 11) is 0. The van der Waals surface area contributed by atoms with E-state index in [4.69, 9.17) is 0 Å². The third kappa shape index (κ3) is 5.05. The first-order valence-electron chi connectivity index (χ1n) is 10.3. The number of amides is 3. The topological polar surface area (TPSA) is 91.4 Å². The molecule has 0 spiro atoms. The number of nitrogens with zero attached hydrogens (tertiary/aromatic N) is 2. The number of hydrogen-bond donors (Lipinski definition) is 2. The van der Waals surface area contributed by atoms with Crippen LogP contribution in [-0.2, 0) is 20.9 Å². The molecule has 3 amide bonds. The molecule has 2 heterocycles. The van der Waals surface area contributed by atoms with Gasteiger partial charge in [0.15, 0.2) is 0 Å². The number of aromatic nitrogens is 1. The van der Waals surface area contributed by atoms with E-state index in [1.165, 1.54) is 6.92 Å². The number of carbonyl (C=O) groups excluding carboxylic acids is 3. The van der Waals surface area contributed by atoms with Gasteiger partial charge in [-0.15, -0.1) is 11.3 Å². The Kier molecular flexibility index (Phi) is 7.20. The van der Waals surface area contributed by atoms with Gasteiger partial charge in [0, 0.05) is 20.0 Å². The van der Waals surface area contributed by atoms with E-state index in [9.17, 15) is 14.4 Å². The molecular weight excluding hydrogens is 400 g/mol. The molecule has 160 valence electrons. The molecule has 2 aromatic rings. The quantitative estimate of drug-likeness (QED) is 0.709. The molecule has 1 fully saturated rings. The monoisotopic (exact) mass is 428 g/mol. The summed E-state index contributed by atoms with van der Waals surface area (Å²) in [6.07, 6.45) is 1.91. The van der Waals surface area contributed by atoms with Gasteiger partial charge in [0.25, 0.3) is 0 Å². The molecule has 1 aromatic carbocycles. The Labute approximate surface area is 180 Å². The minimum atomic E-state index is -0.585. The number of benzene rings is 1. The summed E-state index contributed by atoms with van der Waals surface area (Å²) in [4.78, 5) is 44.0. The number of hydrogen-bond acceptors (Lipinski definition) is 5. The summed E-state index contributed by atoms with van der Waals surface area (Å²) in [5.41, 5.74) is 4.95. The van der Waals surface area contributed by atoms with Crippen molar-refractivity contribution in [3.8, 4) is 10.4 Å². The Morgan fingerprint density at radius 1 is 1.27 bits per heavy atom. The van der Waals surface area contributed by atoms with Gasteiger partial charge in [0.05, 0.1) is 16.1 Å². The first kappa shape index (κ1) is 22.0. The second-order valence-electron chi connectivity index (χ2n) is 7.53. The van der Waals surface area contributed by atoms with Crippen molar-refractivity contribution >= 4 is 29.1 Å². The van der Waals surface area contributed by atoms with Crippen molar-refractivity contribution in [3.63, 3.8) is 0 Å². The maximum absolute atomic E-state index is 12.8. The fourth-order valence-corrected chi connectivity index (χ4v) is 4.56. The summed E-state index contributed by atoms with van der Waals surface area (Å²) in [5, 5.41) is 5.64. The van der Waals surface area contributed by atoms with E-state index in [1.807, 2.05) is 43.6 Å². The number of nitrogens with one attached hydrogen (secondary N) is 2. The van der Waals surface area contributed by atoms with E-state index in [0.29, 0.717) is 25.9 Å². The standard InChI is InChI=1S/C22H28N4O3S/c1-4-18(25-15(3)27)22(29)26-11-5-6-19(26)21(28)23-12-16-7-9-17(10-8-16)20-14(2)24-13-30-20/h7-10,13,18-19H,4-6,11-12H2,1-3H3,(H,23,28)(H,25,27). The van der Waals surface area contributed by atoms with Crippen molar-refractivity contribution in [1.82, 2.24) is 20.5 Å². The molecule has 7 nitrogen and oxygen atoms in total. The minimum Gasteiger partial charge on any atom is -0.350 e. The van der Waals surface area contributed by atoms with Crippen molar-refractivity contribution in [2.75, 3.05) is 6.54 Å². The van der Waals surface area contributed by atoms with E-state index >= 15 is 0 Å². The van der Waals surface area contributed by atoms with Crippen LogP contribution in [0.4, 0.5) is 0 Å². The van der Waals surface area contributed by atoms with E-state index in [-0.39, 0.29) is 17.7 Å². The zero-order valence-corrected chi connectivity index (χ0v) is 18.4. The van der Waals surface area contributed by atoms with Crippen LogP contribution in [0.15, 0.2) is 29.8 Å². The second kappa shape index (κ2) is 9.84. The smallest absolute Gasteiger partial charge is 0.245 e. The predicted octanol–water partition coefficient (Wildman–Crippen LogP) is 2.64. The fourth-order valence-electron chi connectivity index (χ4n) is 3.75. The van der Waals surface area contributed by atoms with E-state index in [0.717, 1.165) is 28.1 Å². The zero-order chi connectivity index (χ0) is 21.7. The maximum atomic E-state index is 12.8. The molecule has 2 N–H and O–H groups in total. The normalized spacial score (nSPS) is 16.9. The lowest BCUT2D eigenvalue weighted by atomic mass is 10.1. The molecule has 0 saturated carbocycles. The summed E-state index contributed by atoms with van der Waals surface area (Å²) in [6.45, 7) is 6.18. The Morgan fingerprint density at radius 3 is 2.60 bits per heavy atom. The minimum absolute atomic E-state index is 0.152. The first-order valence-corrected chi connectivity index (χ1v) is 11.1. The third-order valence-corrected chi connectivity index (χ3v) is 6.33. The van der Waals surface area contributed by atoms with Crippen LogP contribution in [0.25, 0.3) is 10.4 Å². The van der Waals surface area contributed by atoms with Crippen LogP contribution in [0, 0.1) is 6.92 Å². The van der Waals surface area contributed by atoms with Crippen LogP contribution in [0.3, 0.4) is 0 Å². The number of thiazole rings is 1. The van der Waals surface area contributed by atoms with Crippen LogP contribution < -0.4 is 10.6 Å². The Hall–Kier alpha value is -2.74. The van der Waals surface area contributed by atoms with Crippen molar-refractivity contribution < 1.29 is 14.4 Å². The van der Waals surface area contributed by atoms with Gasteiger partial charge in [-0.25, -0.2) is 4.98 Å². The van der Waals surface area contributed by atoms with Crippen LogP contribution in [0.5, 0.6) is 0 Å². The lowest BCUT2D eigenvalue weighted by Gasteiger charge is -2.28.